The monoisotopic (exact) mass is 234 g/mol. The van der Waals surface area contributed by atoms with Gasteiger partial charge in [0.15, 0.2) is 11.9 Å². The van der Waals surface area contributed by atoms with E-state index in [1.807, 2.05) is 0 Å². The van der Waals surface area contributed by atoms with Crippen molar-refractivity contribution in [1.82, 2.24) is 0 Å². The van der Waals surface area contributed by atoms with Crippen molar-refractivity contribution in [3.63, 3.8) is 0 Å². The number of Topliss-reactive ketones (excluding diaryl/α,β-unsaturated/α-hetero) is 2. The number of rotatable bonds is 5. The molecule has 0 spiro atoms. The fourth-order valence-electron chi connectivity index (χ4n) is 1.39. The van der Waals surface area contributed by atoms with Gasteiger partial charge in [-0.2, -0.15) is 0 Å². The first-order valence-corrected chi connectivity index (χ1v) is 5.25. The van der Waals surface area contributed by atoms with E-state index in [0.717, 1.165) is 0 Å². The Balaban J connectivity index is 2.78. The summed E-state index contributed by atoms with van der Waals surface area (Å²) in [7, 11) is 0. The molecule has 90 valence electrons. The first kappa shape index (κ1) is 13.1. The Morgan fingerprint density at radius 3 is 2.18 bits per heavy atom. The molecule has 0 amide bonds. The molecule has 1 aromatic rings. The zero-order valence-electron chi connectivity index (χ0n) is 9.80. The number of carbonyl (C=O) groups excluding carboxylic acids is 3. The van der Waals surface area contributed by atoms with Crippen LogP contribution >= 0.6 is 0 Å². The minimum atomic E-state index is -0.928. The molecule has 0 aliphatic carbocycles. The van der Waals surface area contributed by atoms with Crippen LogP contribution in [0, 0.1) is 0 Å². The van der Waals surface area contributed by atoms with E-state index in [4.69, 9.17) is 4.74 Å². The maximum Gasteiger partial charge on any atom is 0.314 e. The zero-order valence-corrected chi connectivity index (χ0v) is 9.80. The summed E-state index contributed by atoms with van der Waals surface area (Å²) in [5.74, 6) is -1.24. The van der Waals surface area contributed by atoms with Crippen LogP contribution in [0.1, 0.15) is 31.9 Å². The summed E-state index contributed by atoms with van der Waals surface area (Å²) in [5.41, 5.74) is 0.608. The highest BCUT2D eigenvalue weighted by molar-refractivity contribution is 5.95. The molecule has 17 heavy (non-hydrogen) atoms. The molecule has 0 saturated carbocycles. The van der Waals surface area contributed by atoms with Gasteiger partial charge in [0, 0.05) is 0 Å². The summed E-state index contributed by atoms with van der Waals surface area (Å²) in [6.45, 7) is 2.64. The maximum absolute atomic E-state index is 11.4. The molecular weight excluding hydrogens is 220 g/mol. The highest BCUT2D eigenvalue weighted by Gasteiger charge is 2.21. The third kappa shape index (κ3) is 4.18. The van der Waals surface area contributed by atoms with E-state index in [-0.39, 0.29) is 18.0 Å². The van der Waals surface area contributed by atoms with Crippen molar-refractivity contribution in [2.75, 3.05) is 0 Å². The lowest BCUT2D eigenvalue weighted by Crippen LogP contribution is -2.19. The SMILES string of the molecule is CC(=O)CC(=O)OC(C(C)=O)c1ccccc1. The molecule has 0 heterocycles. The maximum atomic E-state index is 11.4. The van der Waals surface area contributed by atoms with Crippen LogP contribution in [-0.4, -0.2) is 17.5 Å². The van der Waals surface area contributed by atoms with E-state index < -0.39 is 12.1 Å². The number of esters is 1. The highest BCUT2D eigenvalue weighted by Crippen LogP contribution is 2.18. The van der Waals surface area contributed by atoms with Gasteiger partial charge in [-0.25, -0.2) is 0 Å². The Morgan fingerprint density at radius 1 is 1.12 bits per heavy atom. The van der Waals surface area contributed by atoms with Gasteiger partial charge in [-0.3, -0.25) is 14.4 Å². The fourth-order valence-corrected chi connectivity index (χ4v) is 1.39. The number of benzene rings is 1. The van der Waals surface area contributed by atoms with E-state index in [0.29, 0.717) is 5.56 Å². The van der Waals surface area contributed by atoms with Gasteiger partial charge in [-0.15, -0.1) is 0 Å². The lowest BCUT2D eigenvalue weighted by atomic mass is 10.1. The van der Waals surface area contributed by atoms with Crippen molar-refractivity contribution in [1.29, 1.82) is 0 Å². The number of ketones is 2. The second-order valence-corrected chi connectivity index (χ2v) is 3.77. The van der Waals surface area contributed by atoms with Gasteiger partial charge in [-0.1, -0.05) is 30.3 Å². The summed E-state index contributed by atoms with van der Waals surface area (Å²) in [6.07, 6.45) is -1.24. The fraction of sp³-hybridized carbons (Fsp3) is 0.308. The number of carbonyl (C=O) groups is 3. The Labute approximate surface area is 99.6 Å². The van der Waals surface area contributed by atoms with Crippen LogP contribution in [0.25, 0.3) is 0 Å². The smallest absolute Gasteiger partial charge is 0.314 e. The highest BCUT2D eigenvalue weighted by atomic mass is 16.5. The van der Waals surface area contributed by atoms with Gasteiger partial charge in [0.2, 0.25) is 0 Å². The molecular formula is C13H14O4. The molecule has 0 N–H and O–H groups in total. The van der Waals surface area contributed by atoms with Crippen molar-refractivity contribution in [3.8, 4) is 0 Å². The molecule has 0 bridgehead atoms. The van der Waals surface area contributed by atoms with Gasteiger partial charge in [0.25, 0.3) is 0 Å². The predicted octanol–water partition coefficient (Wildman–Crippen LogP) is 1.84. The summed E-state index contributed by atoms with van der Waals surface area (Å²) >= 11 is 0. The Hall–Kier alpha value is -1.97. The third-order valence-electron chi connectivity index (χ3n) is 2.11. The van der Waals surface area contributed by atoms with Crippen molar-refractivity contribution in [2.45, 2.75) is 26.4 Å². The summed E-state index contributed by atoms with van der Waals surface area (Å²) < 4.78 is 5.00. The molecule has 4 heteroatoms. The van der Waals surface area contributed by atoms with Gasteiger partial charge in [0.1, 0.15) is 12.2 Å². The minimum absolute atomic E-state index is 0.270. The average Bonchev–Trinajstić information content (AvgIpc) is 2.25. The van der Waals surface area contributed by atoms with Crippen LogP contribution < -0.4 is 0 Å². The molecule has 0 aliphatic rings. The van der Waals surface area contributed by atoms with Crippen LogP contribution in [0.5, 0.6) is 0 Å². The average molecular weight is 234 g/mol. The Morgan fingerprint density at radius 2 is 1.71 bits per heavy atom. The molecule has 1 unspecified atom stereocenters. The van der Waals surface area contributed by atoms with Crippen LogP contribution in [0.3, 0.4) is 0 Å². The number of ether oxygens (including phenoxy) is 1. The van der Waals surface area contributed by atoms with Crippen molar-refractivity contribution in [3.05, 3.63) is 35.9 Å². The molecule has 0 saturated heterocycles. The van der Waals surface area contributed by atoms with E-state index in [1.54, 1.807) is 30.3 Å². The normalized spacial score (nSPS) is 11.6. The molecule has 0 aromatic heterocycles. The lowest BCUT2D eigenvalue weighted by molar-refractivity contribution is -0.156. The summed E-state index contributed by atoms with van der Waals surface area (Å²) in [5, 5.41) is 0. The third-order valence-corrected chi connectivity index (χ3v) is 2.11. The van der Waals surface area contributed by atoms with E-state index in [2.05, 4.69) is 0 Å². The van der Waals surface area contributed by atoms with Crippen LogP contribution in [0.4, 0.5) is 0 Å². The van der Waals surface area contributed by atoms with E-state index >= 15 is 0 Å². The zero-order chi connectivity index (χ0) is 12.8. The van der Waals surface area contributed by atoms with Gasteiger partial charge >= 0.3 is 5.97 Å². The Bertz CT molecular complexity index is 422. The van der Waals surface area contributed by atoms with E-state index in [1.165, 1.54) is 13.8 Å². The second kappa shape index (κ2) is 5.94. The molecule has 1 rings (SSSR count). The summed E-state index contributed by atoms with van der Waals surface area (Å²) in [6, 6.07) is 8.71. The molecule has 0 fully saturated rings. The molecule has 1 aromatic carbocycles. The quantitative estimate of drug-likeness (QED) is 0.576. The van der Waals surface area contributed by atoms with Gasteiger partial charge in [0.05, 0.1) is 0 Å². The van der Waals surface area contributed by atoms with Crippen LogP contribution in [0.15, 0.2) is 30.3 Å². The largest absolute Gasteiger partial charge is 0.449 e. The topological polar surface area (TPSA) is 60.4 Å². The summed E-state index contributed by atoms with van der Waals surface area (Å²) in [4.78, 5) is 33.5. The minimum Gasteiger partial charge on any atom is -0.449 e. The van der Waals surface area contributed by atoms with Gasteiger partial charge in [-0.05, 0) is 19.4 Å². The van der Waals surface area contributed by atoms with Crippen molar-refractivity contribution >= 4 is 17.5 Å². The van der Waals surface area contributed by atoms with Crippen molar-refractivity contribution in [2.24, 2.45) is 0 Å². The van der Waals surface area contributed by atoms with E-state index in [9.17, 15) is 14.4 Å². The first-order chi connectivity index (χ1) is 8.00. The van der Waals surface area contributed by atoms with Gasteiger partial charge < -0.3 is 4.74 Å². The number of hydrogen-bond donors (Lipinski definition) is 0. The standard InChI is InChI=1S/C13H14O4/c1-9(14)8-12(16)17-13(10(2)15)11-6-4-3-5-7-11/h3-7,13H,8H2,1-2H3. The second-order valence-electron chi connectivity index (χ2n) is 3.77. The molecule has 4 nitrogen and oxygen atoms in total. The molecule has 0 radical (unpaired) electrons. The predicted molar refractivity (Wildman–Crippen MR) is 61.3 cm³/mol. The Kier molecular flexibility index (Phi) is 4.57. The molecule has 1 atom stereocenters. The van der Waals surface area contributed by atoms with Crippen molar-refractivity contribution < 1.29 is 19.1 Å². The van der Waals surface area contributed by atoms with Crippen LogP contribution in [0.2, 0.25) is 0 Å². The molecule has 0 aliphatic heterocycles. The van der Waals surface area contributed by atoms with Crippen LogP contribution in [-0.2, 0) is 19.1 Å². The number of hydrogen-bond acceptors (Lipinski definition) is 4. The lowest BCUT2D eigenvalue weighted by Gasteiger charge is -2.14. The first-order valence-electron chi connectivity index (χ1n) is 5.25.